The van der Waals surface area contributed by atoms with E-state index in [1.54, 1.807) is 0 Å². The molecule has 0 spiro atoms. The van der Waals surface area contributed by atoms with Gasteiger partial charge in [0.2, 0.25) is 11.8 Å². The SMILES string of the molecule is O=C1CC(NC2CCOC2)C(=O)N1C1CC1. The number of carbonyl (C=O) groups is 2. The lowest BCUT2D eigenvalue weighted by molar-refractivity contribution is -0.139. The van der Waals surface area contributed by atoms with Crippen LogP contribution in [0.2, 0.25) is 0 Å². The Labute approximate surface area is 94.1 Å². The smallest absolute Gasteiger partial charge is 0.247 e. The van der Waals surface area contributed by atoms with Crippen LogP contribution in [0.4, 0.5) is 0 Å². The highest BCUT2D eigenvalue weighted by atomic mass is 16.5. The van der Waals surface area contributed by atoms with Crippen LogP contribution >= 0.6 is 0 Å². The minimum atomic E-state index is -0.306. The van der Waals surface area contributed by atoms with Gasteiger partial charge in [-0.1, -0.05) is 0 Å². The van der Waals surface area contributed by atoms with Gasteiger partial charge in [0.25, 0.3) is 0 Å². The fourth-order valence-electron chi connectivity index (χ4n) is 2.45. The van der Waals surface area contributed by atoms with Crippen LogP contribution in [-0.4, -0.2) is 48.1 Å². The van der Waals surface area contributed by atoms with Gasteiger partial charge in [0.1, 0.15) is 0 Å². The highest BCUT2D eigenvalue weighted by molar-refractivity contribution is 6.06. The number of carbonyl (C=O) groups excluding carboxylic acids is 2. The predicted octanol–water partition coefficient (Wildman–Crippen LogP) is -0.345. The molecule has 2 amide bonds. The molecule has 16 heavy (non-hydrogen) atoms. The molecule has 0 aromatic rings. The normalized spacial score (nSPS) is 35.1. The summed E-state index contributed by atoms with van der Waals surface area (Å²) in [5.74, 6) is -0.0386. The van der Waals surface area contributed by atoms with E-state index in [0.717, 1.165) is 25.9 Å². The Morgan fingerprint density at radius 2 is 2.06 bits per heavy atom. The molecule has 1 N–H and O–H groups in total. The van der Waals surface area contributed by atoms with Crippen LogP contribution in [0.5, 0.6) is 0 Å². The fraction of sp³-hybridized carbons (Fsp3) is 0.818. The van der Waals surface area contributed by atoms with Crippen molar-refractivity contribution >= 4 is 11.8 Å². The van der Waals surface area contributed by atoms with Crippen molar-refractivity contribution in [2.24, 2.45) is 0 Å². The van der Waals surface area contributed by atoms with Crippen LogP contribution in [0.1, 0.15) is 25.7 Å². The summed E-state index contributed by atoms with van der Waals surface area (Å²) in [6.45, 7) is 1.40. The van der Waals surface area contributed by atoms with Crippen molar-refractivity contribution in [3.63, 3.8) is 0 Å². The van der Waals surface area contributed by atoms with Crippen molar-refractivity contribution in [1.29, 1.82) is 0 Å². The maximum atomic E-state index is 12.0. The number of nitrogens with zero attached hydrogens (tertiary/aromatic N) is 1. The topological polar surface area (TPSA) is 58.6 Å². The third-order valence-corrected chi connectivity index (χ3v) is 3.46. The summed E-state index contributed by atoms with van der Waals surface area (Å²) in [5, 5.41) is 3.23. The second kappa shape index (κ2) is 3.82. The molecule has 1 saturated carbocycles. The Morgan fingerprint density at radius 3 is 2.69 bits per heavy atom. The zero-order chi connectivity index (χ0) is 11.1. The fourth-order valence-corrected chi connectivity index (χ4v) is 2.45. The first-order chi connectivity index (χ1) is 7.75. The van der Waals surface area contributed by atoms with Crippen LogP contribution in [0.25, 0.3) is 0 Å². The lowest BCUT2D eigenvalue weighted by Gasteiger charge is -2.17. The van der Waals surface area contributed by atoms with E-state index in [0.29, 0.717) is 13.0 Å². The molecule has 5 nitrogen and oxygen atoms in total. The van der Waals surface area contributed by atoms with Gasteiger partial charge in [-0.05, 0) is 19.3 Å². The number of ether oxygens (including phenoxy) is 1. The molecular formula is C11H16N2O3. The van der Waals surface area contributed by atoms with Gasteiger partial charge in [0.05, 0.1) is 19.1 Å². The molecule has 2 unspecified atom stereocenters. The third-order valence-electron chi connectivity index (χ3n) is 3.46. The standard InChI is InChI=1S/C11H16N2O3/c14-10-5-9(12-7-3-4-16-6-7)11(15)13(10)8-1-2-8/h7-9,12H,1-6H2. The lowest BCUT2D eigenvalue weighted by Crippen LogP contribution is -2.44. The summed E-state index contributed by atoms with van der Waals surface area (Å²) >= 11 is 0. The van der Waals surface area contributed by atoms with Crippen molar-refractivity contribution < 1.29 is 14.3 Å². The maximum absolute atomic E-state index is 12.0. The highest BCUT2D eigenvalue weighted by Crippen LogP contribution is 2.31. The summed E-state index contributed by atoms with van der Waals surface area (Å²) in [6, 6.07) is 0.132. The average Bonchev–Trinajstić information content (AvgIpc) is 2.86. The quantitative estimate of drug-likeness (QED) is 0.666. The van der Waals surface area contributed by atoms with Gasteiger partial charge < -0.3 is 10.1 Å². The van der Waals surface area contributed by atoms with E-state index in [1.807, 2.05) is 0 Å². The molecular weight excluding hydrogens is 208 g/mol. The van der Waals surface area contributed by atoms with Gasteiger partial charge in [-0.15, -0.1) is 0 Å². The Bertz CT molecular complexity index is 321. The van der Waals surface area contributed by atoms with Crippen molar-refractivity contribution in [3.8, 4) is 0 Å². The average molecular weight is 224 g/mol. The van der Waals surface area contributed by atoms with E-state index < -0.39 is 0 Å². The van der Waals surface area contributed by atoms with Gasteiger partial charge in [0, 0.05) is 18.7 Å². The molecule has 2 heterocycles. The number of rotatable bonds is 3. The molecule has 0 aromatic carbocycles. The molecule has 2 aliphatic heterocycles. The third kappa shape index (κ3) is 1.74. The Balaban J connectivity index is 1.63. The lowest BCUT2D eigenvalue weighted by atomic mass is 10.2. The van der Waals surface area contributed by atoms with E-state index in [2.05, 4.69) is 5.32 Å². The summed E-state index contributed by atoms with van der Waals surface area (Å²) in [5.41, 5.74) is 0. The molecule has 1 aliphatic carbocycles. The van der Waals surface area contributed by atoms with Crippen LogP contribution in [0.15, 0.2) is 0 Å². The van der Waals surface area contributed by atoms with Crippen molar-refractivity contribution in [2.45, 2.75) is 43.8 Å². The number of hydrogen-bond donors (Lipinski definition) is 1. The predicted molar refractivity (Wildman–Crippen MR) is 55.6 cm³/mol. The van der Waals surface area contributed by atoms with Gasteiger partial charge in [0.15, 0.2) is 0 Å². The van der Waals surface area contributed by atoms with Crippen LogP contribution in [0, 0.1) is 0 Å². The minimum absolute atomic E-state index is 0.0103. The minimum Gasteiger partial charge on any atom is -0.380 e. The van der Waals surface area contributed by atoms with Crippen molar-refractivity contribution in [1.82, 2.24) is 10.2 Å². The Kier molecular flexibility index (Phi) is 2.44. The Morgan fingerprint density at radius 1 is 1.25 bits per heavy atom. The number of hydrogen-bond acceptors (Lipinski definition) is 4. The van der Waals surface area contributed by atoms with Crippen LogP contribution in [0.3, 0.4) is 0 Å². The van der Waals surface area contributed by atoms with E-state index >= 15 is 0 Å². The van der Waals surface area contributed by atoms with Gasteiger partial charge in [-0.2, -0.15) is 0 Å². The molecule has 2 atom stereocenters. The number of amides is 2. The van der Waals surface area contributed by atoms with Gasteiger partial charge in [-0.3, -0.25) is 14.5 Å². The van der Waals surface area contributed by atoms with E-state index in [4.69, 9.17) is 4.74 Å². The summed E-state index contributed by atoms with van der Waals surface area (Å²) < 4.78 is 5.24. The molecule has 2 saturated heterocycles. The van der Waals surface area contributed by atoms with E-state index in [-0.39, 0.29) is 29.9 Å². The van der Waals surface area contributed by atoms with Crippen LogP contribution in [-0.2, 0) is 14.3 Å². The maximum Gasteiger partial charge on any atom is 0.247 e. The first-order valence-corrected chi connectivity index (χ1v) is 5.95. The molecule has 0 radical (unpaired) electrons. The summed E-state index contributed by atoms with van der Waals surface area (Å²) in [6.07, 6.45) is 3.22. The molecule has 3 rings (SSSR count). The molecule has 5 heteroatoms. The molecule has 3 aliphatic rings. The zero-order valence-corrected chi connectivity index (χ0v) is 9.15. The van der Waals surface area contributed by atoms with E-state index in [1.165, 1.54) is 4.90 Å². The zero-order valence-electron chi connectivity index (χ0n) is 9.15. The first kappa shape index (κ1) is 10.2. The van der Waals surface area contributed by atoms with Crippen molar-refractivity contribution in [3.05, 3.63) is 0 Å². The van der Waals surface area contributed by atoms with Gasteiger partial charge in [-0.25, -0.2) is 0 Å². The number of nitrogens with one attached hydrogen (secondary N) is 1. The van der Waals surface area contributed by atoms with Gasteiger partial charge >= 0.3 is 0 Å². The first-order valence-electron chi connectivity index (χ1n) is 5.95. The highest BCUT2D eigenvalue weighted by Gasteiger charge is 2.46. The summed E-state index contributed by atoms with van der Waals surface area (Å²) in [7, 11) is 0. The number of likely N-dealkylation sites (tertiary alicyclic amines) is 1. The monoisotopic (exact) mass is 224 g/mol. The Hall–Kier alpha value is -0.940. The molecule has 0 bridgehead atoms. The number of imide groups is 1. The second-order valence-corrected chi connectivity index (χ2v) is 4.82. The summed E-state index contributed by atoms with van der Waals surface area (Å²) in [4.78, 5) is 25.1. The molecule has 88 valence electrons. The largest absolute Gasteiger partial charge is 0.380 e. The molecule has 0 aromatic heterocycles. The molecule has 3 fully saturated rings. The van der Waals surface area contributed by atoms with Crippen LogP contribution < -0.4 is 5.32 Å². The second-order valence-electron chi connectivity index (χ2n) is 4.82. The van der Waals surface area contributed by atoms with E-state index in [9.17, 15) is 9.59 Å². The van der Waals surface area contributed by atoms with Crippen molar-refractivity contribution in [2.75, 3.05) is 13.2 Å².